The summed E-state index contributed by atoms with van der Waals surface area (Å²) < 4.78 is 5.76. The van der Waals surface area contributed by atoms with E-state index in [0.29, 0.717) is 19.1 Å². The highest BCUT2D eigenvalue weighted by atomic mass is 16.5. The Morgan fingerprint density at radius 1 is 1.44 bits per heavy atom. The first-order chi connectivity index (χ1) is 8.58. The van der Waals surface area contributed by atoms with Crippen LogP contribution in [-0.4, -0.2) is 35.9 Å². The molecular weight excluding hydrogens is 230 g/mol. The first-order valence-electron chi connectivity index (χ1n) is 7.18. The molecule has 0 heterocycles. The molecule has 0 aromatic heterocycles. The Balaban J connectivity index is 2.21. The SMILES string of the molecule is CCCNC(C)(CCCOC1CCCC1)C(=O)O. The number of aliphatic carboxylic acids is 1. The molecule has 0 aliphatic heterocycles. The third-order valence-corrected chi connectivity index (χ3v) is 3.71. The molecule has 1 rings (SSSR count). The van der Waals surface area contributed by atoms with Gasteiger partial charge in [-0.2, -0.15) is 0 Å². The molecule has 18 heavy (non-hydrogen) atoms. The average Bonchev–Trinajstić information content (AvgIpc) is 2.85. The summed E-state index contributed by atoms with van der Waals surface area (Å²) >= 11 is 0. The smallest absolute Gasteiger partial charge is 0.323 e. The van der Waals surface area contributed by atoms with E-state index in [4.69, 9.17) is 4.74 Å². The van der Waals surface area contributed by atoms with Gasteiger partial charge in [0, 0.05) is 6.61 Å². The number of hydrogen-bond acceptors (Lipinski definition) is 3. The van der Waals surface area contributed by atoms with Gasteiger partial charge in [-0.05, 0) is 45.6 Å². The number of nitrogens with one attached hydrogen (secondary N) is 1. The van der Waals surface area contributed by atoms with Crippen LogP contribution in [0.15, 0.2) is 0 Å². The first kappa shape index (κ1) is 15.4. The molecule has 1 saturated carbocycles. The van der Waals surface area contributed by atoms with Crippen LogP contribution in [0.5, 0.6) is 0 Å². The quantitative estimate of drug-likeness (QED) is 0.623. The Bertz CT molecular complexity index is 251. The molecule has 0 aromatic carbocycles. The number of ether oxygens (including phenoxy) is 1. The predicted molar refractivity (Wildman–Crippen MR) is 71.8 cm³/mol. The van der Waals surface area contributed by atoms with Gasteiger partial charge in [-0.15, -0.1) is 0 Å². The van der Waals surface area contributed by atoms with Crippen LogP contribution in [0.1, 0.15) is 58.8 Å². The minimum absolute atomic E-state index is 0.421. The van der Waals surface area contributed by atoms with Crippen molar-refractivity contribution in [3.8, 4) is 0 Å². The number of carboxylic acid groups (broad SMARTS) is 1. The molecule has 0 spiro atoms. The van der Waals surface area contributed by atoms with Crippen molar-refractivity contribution in [3.63, 3.8) is 0 Å². The maximum absolute atomic E-state index is 11.3. The highest BCUT2D eigenvalue weighted by Crippen LogP contribution is 2.21. The topological polar surface area (TPSA) is 58.6 Å². The van der Waals surface area contributed by atoms with E-state index in [1.54, 1.807) is 6.92 Å². The van der Waals surface area contributed by atoms with Gasteiger partial charge in [0.2, 0.25) is 0 Å². The molecule has 1 fully saturated rings. The van der Waals surface area contributed by atoms with Crippen LogP contribution in [0.3, 0.4) is 0 Å². The van der Waals surface area contributed by atoms with Crippen molar-refractivity contribution in [2.45, 2.75) is 70.4 Å². The number of carbonyl (C=O) groups is 1. The van der Waals surface area contributed by atoms with Crippen molar-refractivity contribution in [2.75, 3.05) is 13.2 Å². The second-order valence-corrected chi connectivity index (χ2v) is 5.44. The highest BCUT2D eigenvalue weighted by molar-refractivity contribution is 5.78. The van der Waals surface area contributed by atoms with E-state index >= 15 is 0 Å². The molecule has 2 N–H and O–H groups in total. The molecule has 0 bridgehead atoms. The summed E-state index contributed by atoms with van der Waals surface area (Å²) in [4.78, 5) is 11.3. The zero-order valence-corrected chi connectivity index (χ0v) is 11.7. The maximum Gasteiger partial charge on any atom is 0.323 e. The largest absolute Gasteiger partial charge is 0.480 e. The molecule has 4 nitrogen and oxygen atoms in total. The van der Waals surface area contributed by atoms with Crippen LogP contribution in [0.2, 0.25) is 0 Å². The number of carboxylic acids is 1. The molecule has 0 saturated heterocycles. The van der Waals surface area contributed by atoms with E-state index in [2.05, 4.69) is 5.32 Å². The van der Waals surface area contributed by atoms with Gasteiger partial charge in [-0.1, -0.05) is 19.8 Å². The normalized spacial score (nSPS) is 19.9. The molecule has 1 atom stereocenters. The van der Waals surface area contributed by atoms with E-state index in [-0.39, 0.29) is 0 Å². The predicted octanol–water partition coefficient (Wildman–Crippen LogP) is 2.57. The zero-order valence-electron chi connectivity index (χ0n) is 11.7. The van der Waals surface area contributed by atoms with Gasteiger partial charge < -0.3 is 15.2 Å². The summed E-state index contributed by atoms with van der Waals surface area (Å²) in [6.45, 7) is 5.23. The number of hydrogen-bond donors (Lipinski definition) is 2. The van der Waals surface area contributed by atoms with Crippen molar-refractivity contribution in [3.05, 3.63) is 0 Å². The molecule has 0 aromatic rings. The van der Waals surface area contributed by atoms with E-state index in [0.717, 1.165) is 19.4 Å². The Labute approximate surface area is 110 Å². The third kappa shape index (κ3) is 4.94. The lowest BCUT2D eigenvalue weighted by molar-refractivity contribution is -0.144. The van der Waals surface area contributed by atoms with Gasteiger partial charge in [0.1, 0.15) is 5.54 Å². The lowest BCUT2D eigenvalue weighted by Crippen LogP contribution is -2.49. The van der Waals surface area contributed by atoms with Crippen LogP contribution in [-0.2, 0) is 9.53 Å². The minimum atomic E-state index is -0.810. The van der Waals surface area contributed by atoms with E-state index in [1.165, 1.54) is 25.7 Å². The van der Waals surface area contributed by atoms with Crippen molar-refractivity contribution >= 4 is 5.97 Å². The fourth-order valence-corrected chi connectivity index (χ4v) is 2.40. The molecule has 0 amide bonds. The van der Waals surface area contributed by atoms with Crippen LogP contribution in [0, 0.1) is 0 Å². The van der Waals surface area contributed by atoms with E-state index in [1.807, 2.05) is 6.92 Å². The van der Waals surface area contributed by atoms with Crippen LogP contribution < -0.4 is 5.32 Å². The van der Waals surface area contributed by atoms with Gasteiger partial charge in [-0.25, -0.2) is 0 Å². The molecule has 1 aliphatic carbocycles. The fraction of sp³-hybridized carbons (Fsp3) is 0.929. The van der Waals surface area contributed by atoms with Crippen molar-refractivity contribution in [2.24, 2.45) is 0 Å². The lowest BCUT2D eigenvalue weighted by Gasteiger charge is -2.26. The van der Waals surface area contributed by atoms with Gasteiger partial charge in [-0.3, -0.25) is 4.79 Å². The van der Waals surface area contributed by atoms with Crippen LogP contribution in [0.25, 0.3) is 0 Å². The van der Waals surface area contributed by atoms with Crippen LogP contribution >= 0.6 is 0 Å². The van der Waals surface area contributed by atoms with Crippen LogP contribution in [0.4, 0.5) is 0 Å². The van der Waals surface area contributed by atoms with Crippen molar-refractivity contribution in [1.29, 1.82) is 0 Å². The molecule has 4 heteroatoms. The van der Waals surface area contributed by atoms with E-state index in [9.17, 15) is 9.90 Å². The minimum Gasteiger partial charge on any atom is -0.480 e. The summed E-state index contributed by atoms with van der Waals surface area (Å²) in [5.41, 5.74) is -0.810. The van der Waals surface area contributed by atoms with Crippen molar-refractivity contribution < 1.29 is 14.6 Å². The Morgan fingerprint density at radius 3 is 2.67 bits per heavy atom. The molecule has 1 unspecified atom stereocenters. The monoisotopic (exact) mass is 257 g/mol. The average molecular weight is 257 g/mol. The van der Waals surface area contributed by atoms with Crippen molar-refractivity contribution in [1.82, 2.24) is 5.32 Å². The summed E-state index contributed by atoms with van der Waals surface area (Å²) in [5, 5.41) is 12.4. The second-order valence-electron chi connectivity index (χ2n) is 5.44. The standard InChI is InChI=1S/C14H27NO3/c1-3-10-15-14(2,13(16)17)9-6-11-18-12-7-4-5-8-12/h12,15H,3-11H2,1-2H3,(H,16,17). The molecule has 106 valence electrons. The second kappa shape index (κ2) is 7.74. The molecule has 0 radical (unpaired) electrons. The Hall–Kier alpha value is -0.610. The Morgan fingerprint density at radius 2 is 2.11 bits per heavy atom. The van der Waals surface area contributed by atoms with Gasteiger partial charge in [0.05, 0.1) is 6.10 Å². The summed E-state index contributed by atoms with van der Waals surface area (Å²) in [6, 6.07) is 0. The highest BCUT2D eigenvalue weighted by Gasteiger charge is 2.31. The molecular formula is C14H27NO3. The van der Waals surface area contributed by atoms with Gasteiger partial charge >= 0.3 is 5.97 Å². The Kier molecular flexibility index (Phi) is 6.65. The summed E-state index contributed by atoms with van der Waals surface area (Å²) in [5.74, 6) is -0.767. The van der Waals surface area contributed by atoms with Gasteiger partial charge in [0.15, 0.2) is 0 Å². The summed E-state index contributed by atoms with van der Waals surface area (Å²) in [6.07, 6.45) is 7.68. The lowest BCUT2D eigenvalue weighted by atomic mass is 9.96. The summed E-state index contributed by atoms with van der Waals surface area (Å²) in [7, 11) is 0. The zero-order chi connectivity index (χ0) is 13.4. The number of rotatable bonds is 9. The third-order valence-electron chi connectivity index (χ3n) is 3.71. The molecule has 1 aliphatic rings. The fourth-order valence-electron chi connectivity index (χ4n) is 2.40. The maximum atomic E-state index is 11.3. The van der Waals surface area contributed by atoms with E-state index < -0.39 is 11.5 Å². The first-order valence-corrected chi connectivity index (χ1v) is 7.18. The van der Waals surface area contributed by atoms with Gasteiger partial charge in [0.25, 0.3) is 0 Å².